The van der Waals surface area contributed by atoms with E-state index in [9.17, 15) is 0 Å². The maximum absolute atomic E-state index is 5.69. The molecule has 3 fully saturated rings. The number of hydrogen-bond donors (Lipinski definition) is 1. The third-order valence-corrected chi connectivity index (χ3v) is 4.15. The van der Waals surface area contributed by atoms with E-state index in [1.54, 1.807) is 0 Å². The van der Waals surface area contributed by atoms with Gasteiger partial charge in [-0.3, -0.25) is 0 Å². The largest absolute Gasteiger partial charge is 0.364 e. The lowest BCUT2D eigenvalue weighted by Gasteiger charge is -2.54. The molecule has 0 bridgehead atoms. The van der Waals surface area contributed by atoms with Gasteiger partial charge in [0.2, 0.25) is 0 Å². The van der Waals surface area contributed by atoms with Crippen LogP contribution in [0, 0.1) is 5.92 Å². The van der Waals surface area contributed by atoms with E-state index < -0.39 is 0 Å². The molecule has 0 aromatic heterocycles. The summed E-state index contributed by atoms with van der Waals surface area (Å²) >= 11 is 0. The SMILES string of the molecule is CC12OC1C1NC(c3ccccc3)C12. The van der Waals surface area contributed by atoms with Crippen molar-refractivity contribution in [3.8, 4) is 0 Å². The Balaban J connectivity index is 1.65. The number of rotatable bonds is 1. The molecule has 1 aromatic carbocycles. The summed E-state index contributed by atoms with van der Waals surface area (Å²) in [6, 6.07) is 11.9. The van der Waals surface area contributed by atoms with Crippen LogP contribution in [-0.4, -0.2) is 17.7 Å². The van der Waals surface area contributed by atoms with Gasteiger partial charge in [-0.15, -0.1) is 0 Å². The van der Waals surface area contributed by atoms with E-state index in [1.807, 2.05) is 0 Å². The average Bonchev–Trinajstić information content (AvgIpc) is 2.72. The number of epoxide rings is 1. The van der Waals surface area contributed by atoms with Crippen molar-refractivity contribution in [3.63, 3.8) is 0 Å². The van der Waals surface area contributed by atoms with Gasteiger partial charge in [0, 0.05) is 18.0 Å². The Morgan fingerprint density at radius 2 is 2.07 bits per heavy atom. The molecule has 72 valence electrons. The van der Waals surface area contributed by atoms with Crippen LogP contribution in [-0.2, 0) is 4.74 Å². The zero-order valence-electron chi connectivity index (χ0n) is 8.10. The van der Waals surface area contributed by atoms with Gasteiger partial charge in [-0.2, -0.15) is 0 Å². The van der Waals surface area contributed by atoms with Gasteiger partial charge in [0.1, 0.15) is 6.10 Å². The average molecular weight is 187 g/mol. The van der Waals surface area contributed by atoms with E-state index >= 15 is 0 Å². The first-order chi connectivity index (χ1) is 6.81. The quantitative estimate of drug-likeness (QED) is 0.674. The van der Waals surface area contributed by atoms with Crippen LogP contribution in [0.3, 0.4) is 0 Å². The second-order valence-electron chi connectivity index (χ2n) is 4.83. The first-order valence-electron chi connectivity index (χ1n) is 5.29. The summed E-state index contributed by atoms with van der Waals surface area (Å²) in [5, 5.41) is 3.59. The molecule has 2 aliphatic heterocycles. The molecule has 2 nitrogen and oxygen atoms in total. The lowest BCUT2D eigenvalue weighted by Crippen LogP contribution is -2.71. The maximum Gasteiger partial charge on any atom is 0.103 e. The van der Waals surface area contributed by atoms with Crippen LogP contribution in [0.4, 0.5) is 0 Å². The van der Waals surface area contributed by atoms with Crippen molar-refractivity contribution >= 4 is 0 Å². The van der Waals surface area contributed by atoms with Crippen molar-refractivity contribution in [1.82, 2.24) is 5.32 Å². The topological polar surface area (TPSA) is 24.6 Å². The highest BCUT2D eigenvalue weighted by atomic mass is 16.6. The monoisotopic (exact) mass is 187 g/mol. The normalized spacial score (nSPS) is 52.4. The van der Waals surface area contributed by atoms with Crippen molar-refractivity contribution in [3.05, 3.63) is 35.9 Å². The van der Waals surface area contributed by atoms with E-state index in [0.717, 1.165) is 5.92 Å². The van der Waals surface area contributed by atoms with Gasteiger partial charge in [-0.1, -0.05) is 30.3 Å². The smallest absolute Gasteiger partial charge is 0.103 e. The van der Waals surface area contributed by atoms with Crippen LogP contribution >= 0.6 is 0 Å². The lowest BCUT2D eigenvalue weighted by molar-refractivity contribution is 0.0353. The fraction of sp³-hybridized carbons (Fsp3) is 0.500. The van der Waals surface area contributed by atoms with Crippen LogP contribution in [0.5, 0.6) is 0 Å². The summed E-state index contributed by atoms with van der Waals surface area (Å²) in [5.41, 5.74) is 1.63. The van der Waals surface area contributed by atoms with Gasteiger partial charge >= 0.3 is 0 Å². The number of fused-ring (bicyclic) bond motifs is 4. The van der Waals surface area contributed by atoms with Crippen molar-refractivity contribution in [1.29, 1.82) is 0 Å². The van der Waals surface area contributed by atoms with Crippen LogP contribution in [0.1, 0.15) is 18.5 Å². The second-order valence-corrected chi connectivity index (χ2v) is 4.83. The third kappa shape index (κ3) is 0.645. The van der Waals surface area contributed by atoms with Gasteiger partial charge in [0.25, 0.3) is 0 Å². The Hall–Kier alpha value is -0.860. The van der Waals surface area contributed by atoms with Crippen LogP contribution in [0.15, 0.2) is 30.3 Å². The molecule has 1 N–H and O–H groups in total. The van der Waals surface area contributed by atoms with Gasteiger partial charge < -0.3 is 10.1 Å². The fourth-order valence-corrected chi connectivity index (χ4v) is 3.25. The second kappa shape index (κ2) is 2.05. The Kier molecular flexibility index (Phi) is 1.09. The number of hydrogen-bond acceptors (Lipinski definition) is 2. The number of ether oxygens (including phenoxy) is 1. The molecular formula is C12H13NO. The van der Waals surface area contributed by atoms with Crippen molar-refractivity contribution in [2.75, 3.05) is 0 Å². The molecule has 0 radical (unpaired) electrons. The molecule has 3 aliphatic rings. The predicted molar refractivity (Wildman–Crippen MR) is 52.9 cm³/mol. The summed E-state index contributed by atoms with van der Waals surface area (Å²) in [7, 11) is 0. The van der Waals surface area contributed by atoms with Gasteiger partial charge in [0.05, 0.1) is 5.60 Å². The minimum atomic E-state index is 0.219. The van der Waals surface area contributed by atoms with Crippen LogP contribution in [0.2, 0.25) is 0 Å². The minimum absolute atomic E-state index is 0.219. The van der Waals surface area contributed by atoms with E-state index in [4.69, 9.17) is 4.74 Å². The summed E-state index contributed by atoms with van der Waals surface area (Å²) in [5.74, 6) is 0.718. The number of nitrogens with one attached hydrogen (secondary N) is 1. The zero-order chi connectivity index (χ0) is 9.34. The Morgan fingerprint density at radius 1 is 1.29 bits per heavy atom. The molecule has 0 amide bonds. The van der Waals surface area contributed by atoms with Crippen molar-refractivity contribution < 1.29 is 4.74 Å². The Labute approximate surface area is 83.3 Å². The fourth-order valence-electron chi connectivity index (χ4n) is 3.25. The summed E-state index contributed by atoms with van der Waals surface area (Å²) in [6.07, 6.45) is 0.521. The third-order valence-electron chi connectivity index (χ3n) is 4.15. The number of benzene rings is 1. The van der Waals surface area contributed by atoms with Gasteiger partial charge in [-0.25, -0.2) is 0 Å². The molecule has 5 atom stereocenters. The van der Waals surface area contributed by atoms with E-state index in [-0.39, 0.29) is 5.60 Å². The van der Waals surface area contributed by atoms with Crippen molar-refractivity contribution in [2.24, 2.45) is 5.92 Å². The standard InChI is InChI=1S/C12H13NO/c1-12-8-9(7-5-3-2-4-6-7)13-10(8)11(12)14-12/h2-6,8-11,13H,1H3. The molecule has 1 saturated carbocycles. The maximum atomic E-state index is 5.69. The first-order valence-corrected chi connectivity index (χ1v) is 5.29. The molecule has 14 heavy (non-hydrogen) atoms. The minimum Gasteiger partial charge on any atom is -0.364 e. The van der Waals surface area contributed by atoms with Gasteiger partial charge in [-0.05, 0) is 12.5 Å². The Morgan fingerprint density at radius 3 is 2.79 bits per heavy atom. The lowest BCUT2D eigenvalue weighted by atomic mass is 9.59. The molecule has 1 aromatic rings. The Bertz CT molecular complexity index is 391. The number of piperidine rings is 1. The van der Waals surface area contributed by atoms with E-state index in [1.165, 1.54) is 5.56 Å². The predicted octanol–water partition coefficient (Wildman–Crippen LogP) is 1.49. The highest BCUT2D eigenvalue weighted by molar-refractivity contribution is 5.37. The highest BCUT2D eigenvalue weighted by Gasteiger charge is 2.80. The molecule has 5 unspecified atom stereocenters. The zero-order valence-corrected chi connectivity index (χ0v) is 8.10. The van der Waals surface area contributed by atoms with E-state index in [0.29, 0.717) is 18.2 Å². The molecule has 2 heterocycles. The molecule has 4 rings (SSSR count). The highest BCUT2D eigenvalue weighted by Crippen LogP contribution is 2.66. The summed E-state index contributed by atoms with van der Waals surface area (Å²) in [4.78, 5) is 0. The molecule has 2 heteroatoms. The molecule has 0 spiro atoms. The van der Waals surface area contributed by atoms with Gasteiger partial charge in [0.15, 0.2) is 0 Å². The van der Waals surface area contributed by atoms with Crippen molar-refractivity contribution in [2.45, 2.75) is 30.7 Å². The summed E-state index contributed by atoms with van der Waals surface area (Å²) in [6.45, 7) is 2.25. The van der Waals surface area contributed by atoms with Crippen LogP contribution in [0.25, 0.3) is 0 Å². The first kappa shape index (κ1) is 7.43. The van der Waals surface area contributed by atoms with Crippen LogP contribution < -0.4 is 5.32 Å². The van der Waals surface area contributed by atoms with E-state index in [2.05, 4.69) is 42.6 Å². The molecule has 2 saturated heterocycles. The summed E-state index contributed by atoms with van der Waals surface area (Å²) < 4.78 is 5.69. The molecular weight excluding hydrogens is 174 g/mol. The molecule has 1 aliphatic carbocycles.